The number of rotatable bonds is 3. The van der Waals surface area contributed by atoms with Crippen molar-refractivity contribution in [2.75, 3.05) is 0 Å². The Kier molecular flexibility index (Phi) is 4.24. The molecule has 2 aromatic carbocycles. The van der Waals surface area contributed by atoms with E-state index in [4.69, 9.17) is 0 Å². The zero-order chi connectivity index (χ0) is 19.1. The summed E-state index contributed by atoms with van der Waals surface area (Å²) in [6.45, 7) is 1.99. The van der Waals surface area contributed by atoms with Gasteiger partial charge in [0.25, 0.3) is 5.91 Å². The third-order valence-corrected chi connectivity index (χ3v) is 6.55. The molecule has 2 heterocycles. The molecule has 0 saturated carbocycles. The minimum absolute atomic E-state index is 0.00177. The molecule has 0 aliphatic heterocycles. The van der Waals surface area contributed by atoms with Crippen molar-refractivity contribution in [3.05, 3.63) is 82.4 Å². The van der Waals surface area contributed by atoms with Crippen LogP contribution in [0.4, 0.5) is 0 Å². The van der Waals surface area contributed by atoms with Gasteiger partial charge in [0, 0.05) is 5.39 Å². The van der Waals surface area contributed by atoms with Gasteiger partial charge in [0.2, 0.25) is 0 Å². The molecule has 1 aliphatic rings. The van der Waals surface area contributed by atoms with Crippen LogP contribution in [0.15, 0.2) is 60.7 Å². The SMILES string of the molecule is Cc1nn(-c2ccccc2)c2sc(C(=O)N[C@H]3CCCc4ccccc43)cc12. The Labute approximate surface area is 167 Å². The van der Waals surface area contributed by atoms with Crippen LogP contribution in [0.1, 0.15) is 45.4 Å². The highest BCUT2D eigenvalue weighted by Gasteiger charge is 2.23. The van der Waals surface area contributed by atoms with E-state index in [1.807, 2.05) is 48.0 Å². The van der Waals surface area contributed by atoms with Gasteiger partial charge in [-0.05, 0) is 55.5 Å². The van der Waals surface area contributed by atoms with Gasteiger partial charge in [-0.25, -0.2) is 4.68 Å². The highest BCUT2D eigenvalue weighted by Crippen LogP contribution is 2.33. The van der Waals surface area contributed by atoms with Crippen LogP contribution in [0.25, 0.3) is 15.9 Å². The van der Waals surface area contributed by atoms with E-state index < -0.39 is 0 Å². The second-order valence-corrected chi connectivity index (χ2v) is 8.31. The molecule has 5 heteroatoms. The van der Waals surface area contributed by atoms with Crippen LogP contribution in [0.3, 0.4) is 0 Å². The fourth-order valence-corrected chi connectivity index (χ4v) is 5.12. The van der Waals surface area contributed by atoms with Gasteiger partial charge < -0.3 is 5.32 Å². The molecule has 1 aliphatic carbocycles. The van der Waals surface area contributed by atoms with Gasteiger partial charge in [-0.15, -0.1) is 11.3 Å². The molecular weight excluding hydrogens is 366 g/mol. The summed E-state index contributed by atoms with van der Waals surface area (Å²) in [6, 6.07) is 20.6. The first-order chi connectivity index (χ1) is 13.7. The van der Waals surface area contributed by atoms with Crippen LogP contribution < -0.4 is 5.32 Å². The summed E-state index contributed by atoms with van der Waals surface area (Å²) in [7, 11) is 0. The molecule has 140 valence electrons. The molecule has 4 nitrogen and oxygen atoms in total. The number of nitrogens with one attached hydrogen (secondary N) is 1. The number of aromatic nitrogens is 2. The van der Waals surface area contributed by atoms with Gasteiger partial charge in [-0.3, -0.25) is 4.79 Å². The summed E-state index contributed by atoms with van der Waals surface area (Å²) in [5, 5.41) is 8.97. The predicted octanol–water partition coefficient (Wildman–Crippen LogP) is 5.20. The van der Waals surface area contributed by atoms with E-state index in [-0.39, 0.29) is 11.9 Å². The first-order valence-electron chi connectivity index (χ1n) is 9.64. The molecule has 4 aromatic rings. The summed E-state index contributed by atoms with van der Waals surface area (Å²) in [4.78, 5) is 14.8. The molecule has 1 N–H and O–H groups in total. The first kappa shape index (κ1) is 17.2. The number of hydrogen-bond acceptors (Lipinski definition) is 3. The summed E-state index contributed by atoms with van der Waals surface area (Å²) in [6.07, 6.45) is 3.19. The van der Waals surface area contributed by atoms with Gasteiger partial charge in [-0.2, -0.15) is 5.10 Å². The first-order valence-corrected chi connectivity index (χ1v) is 10.5. The molecule has 0 radical (unpaired) electrons. The molecule has 1 atom stereocenters. The fraction of sp³-hybridized carbons (Fsp3) is 0.217. The Morgan fingerprint density at radius 1 is 1.14 bits per heavy atom. The van der Waals surface area contributed by atoms with Gasteiger partial charge in [0.15, 0.2) is 0 Å². The molecule has 0 fully saturated rings. The molecule has 0 spiro atoms. The van der Waals surface area contributed by atoms with E-state index >= 15 is 0 Å². The number of hydrogen-bond donors (Lipinski definition) is 1. The molecular formula is C23H21N3OS. The Morgan fingerprint density at radius 2 is 1.93 bits per heavy atom. The standard InChI is InChI=1S/C23H21N3OS/c1-15-19-14-21(28-23(19)26(25-15)17-10-3-2-4-11-17)22(27)24-20-13-7-9-16-8-5-6-12-18(16)20/h2-6,8,10-12,14,20H,7,9,13H2,1H3,(H,24,27)/t20-/m0/s1. The van der Waals surface area contributed by atoms with Crippen molar-refractivity contribution < 1.29 is 4.79 Å². The maximum atomic E-state index is 13.0. The number of thiophene rings is 1. The minimum atomic E-state index is 0.00177. The average Bonchev–Trinajstić information content (AvgIpc) is 3.30. The van der Waals surface area contributed by atoms with E-state index in [0.29, 0.717) is 0 Å². The summed E-state index contributed by atoms with van der Waals surface area (Å²) < 4.78 is 1.93. The summed E-state index contributed by atoms with van der Waals surface area (Å²) in [5.41, 5.74) is 4.56. The average molecular weight is 388 g/mol. The fourth-order valence-electron chi connectivity index (χ4n) is 4.04. The summed E-state index contributed by atoms with van der Waals surface area (Å²) >= 11 is 1.51. The highest BCUT2D eigenvalue weighted by molar-refractivity contribution is 7.20. The zero-order valence-corrected chi connectivity index (χ0v) is 16.5. The predicted molar refractivity (Wildman–Crippen MR) is 113 cm³/mol. The number of benzene rings is 2. The maximum absolute atomic E-state index is 13.0. The van der Waals surface area contributed by atoms with Gasteiger partial charge >= 0.3 is 0 Å². The number of nitrogens with zero attached hydrogens (tertiary/aromatic N) is 2. The number of carbonyl (C=O) groups excluding carboxylic acids is 1. The van der Waals surface area contributed by atoms with Crippen LogP contribution >= 0.6 is 11.3 Å². The van der Waals surface area contributed by atoms with Crippen LogP contribution in [0.2, 0.25) is 0 Å². The lowest BCUT2D eigenvalue weighted by molar-refractivity contribution is 0.0937. The van der Waals surface area contributed by atoms with E-state index in [1.54, 1.807) is 0 Å². The molecule has 5 rings (SSSR count). The third kappa shape index (κ3) is 2.92. The van der Waals surface area contributed by atoms with Crippen molar-refractivity contribution in [2.45, 2.75) is 32.2 Å². The largest absolute Gasteiger partial charge is 0.345 e. The van der Waals surface area contributed by atoms with Crippen LogP contribution in [-0.2, 0) is 6.42 Å². The number of amides is 1. The second kappa shape index (κ2) is 6.91. The lowest BCUT2D eigenvalue weighted by Crippen LogP contribution is -2.30. The molecule has 28 heavy (non-hydrogen) atoms. The third-order valence-electron chi connectivity index (χ3n) is 5.44. The normalized spacial score (nSPS) is 16.1. The minimum Gasteiger partial charge on any atom is -0.345 e. The van der Waals surface area contributed by atoms with E-state index in [0.717, 1.165) is 45.7 Å². The van der Waals surface area contributed by atoms with Gasteiger partial charge in [0.1, 0.15) is 4.83 Å². The van der Waals surface area contributed by atoms with Crippen LogP contribution in [-0.4, -0.2) is 15.7 Å². The molecule has 0 bridgehead atoms. The van der Waals surface area contributed by atoms with Gasteiger partial charge in [-0.1, -0.05) is 42.5 Å². The van der Waals surface area contributed by atoms with Crippen LogP contribution in [0.5, 0.6) is 0 Å². The number of aryl methyl sites for hydroxylation is 2. The van der Waals surface area contributed by atoms with E-state index in [9.17, 15) is 4.79 Å². The molecule has 1 amide bonds. The molecule has 0 saturated heterocycles. The van der Waals surface area contributed by atoms with Gasteiger partial charge in [0.05, 0.1) is 22.3 Å². The second-order valence-electron chi connectivity index (χ2n) is 7.28. The number of para-hydroxylation sites is 1. The lowest BCUT2D eigenvalue weighted by atomic mass is 9.88. The van der Waals surface area contributed by atoms with Crippen LogP contribution in [0, 0.1) is 6.92 Å². The Balaban J connectivity index is 1.47. The molecule has 0 unspecified atom stereocenters. The quantitative estimate of drug-likeness (QED) is 0.525. The van der Waals surface area contributed by atoms with Crippen molar-refractivity contribution in [3.63, 3.8) is 0 Å². The summed E-state index contributed by atoms with van der Waals surface area (Å²) in [5.74, 6) is 0.00177. The van der Waals surface area contributed by atoms with Crippen molar-refractivity contribution in [1.29, 1.82) is 0 Å². The lowest BCUT2D eigenvalue weighted by Gasteiger charge is -2.26. The van der Waals surface area contributed by atoms with E-state index in [2.05, 4.69) is 34.7 Å². The Hall–Kier alpha value is -2.92. The maximum Gasteiger partial charge on any atom is 0.261 e. The monoisotopic (exact) mass is 387 g/mol. The Bertz CT molecular complexity index is 1160. The number of carbonyl (C=O) groups is 1. The highest BCUT2D eigenvalue weighted by atomic mass is 32.1. The van der Waals surface area contributed by atoms with Crippen molar-refractivity contribution in [1.82, 2.24) is 15.1 Å². The van der Waals surface area contributed by atoms with E-state index in [1.165, 1.54) is 22.5 Å². The smallest absolute Gasteiger partial charge is 0.261 e. The zero-order valence-electron chi connectivity index (χ0n) is 15.7. The Morgan fingerprint density at radius 3 is 2.79 bits per heavy atom. The molecule has 2 aromatic heterocycles. The topological polar surface area (TPSA) is 46.9 Å². The van der Waals surface area contributed by atoms with Crippen molar-refractivity contribution >= 4 is 27.5 Å². The number of fused-ring (bicyclic) bond motifs is 2. The van der Waals surface area contributed by atoms with Crippen molar-refractivity contribution in [3.8, 4) is 5.69 Å². The van der Waals surface area contributed by atoms with Crippen molar-refractivity contribution in [2.24, 2.45) is 0 Å².